The molecule has 1 aliphatic rings. The Morgan fingerprint density at radius 2 is 1.81 bits per heavy atom. The summed E-state index contributed by atoms with van der Waals surface area (Å²) in [6.45, 7) is 1.84. The number of ether oxygens (including phenoxy) is 2. The molecular formula is C20H30F2N2O3. The second-order valence-corrected chi connectivity index (χ2v) is 7.37. The lowest BCUT2D eigenvalue weighted by molar-refractivity contribution is 0.0102. The number of carbonyl (C=O) groups excluding carboxylic acids is 1. The first-order valence-corrected chi connectivity index (χ1v) is 9.53. The van der Waals surface area contributed by atoms with Crippen LogP contribution in [0.1, 0.15) is 38.5 Å². The number of carbonyl (C=O) groups is 1. The smallest absolute Gasteiger partial charge is 0.407 e. The van der Waals surface area contributed by atoms with Crippen LogP contribution in [-0.2, 0) is 4.74 Å². The monoisotopic (exact) mass is 384 g/mol. The zero-order valence-electron chi connectivity index (χ0n) is 16.4. The van der Waals surface area contributed by atoms with E-state index in [1.807, 2.05) is 0 Å². The van der Waals surface area contributed by atoms with E-state index in [1.54, 1.807) is 7.05 Å². The third-order valence-corrected chi connectivity index (χ3v) is 4.92. The molecule has 1 fully saturated rings. The van der Waals surface area contributed by atoms with Gasteiger partial charge in [-0.2, -0.15) is 0 Å². The van der Waals surface area contributed by atoms with E-state index in [0.29, 0.717) is 6.07 Å². The average molecular weight is 384 g/mol. The Labute approximate surface area is 160 Å². The van der Waals surface area contributed by atoms with Gasteiger partial charge in [0.1, 0.15) is 5.82 Å². The van der Waals surface area contributed by atoms with Crippen molar-refractivity contribution in [3.63, 3.8) is 0 Å². The van der Waals surface area contributed by atoms with Crippen molar-refractivity contribution < 1.29 is 23.0 Å². The average Bonchev–Trinajstić information content (AvgIpc) is 2.63. The molecule has 1 aromatic rings. The summed E-state index contributed by atoms with van der Waals surface area (Å²) in [5, 5.41) is 0. The van der Waals surface area contributed by atoms with E-state index in [1.165, 1.54) is 4.90 Å². The van der Waals surface area contributed by atoms with E-state index in [0.717, 1.165) is 63.8 Å². The second-order valence-electron chi connectivity index (χ2n) is 7.37. The maximum Gasteiger partial charge on any atom is 0.415 e. The van der Waals surface area contributed by atoms with Gasteiger partial charge in [-0.05, 0) is 71.3 Å². The molecule has 0 bridgehead atoms. The Bertz CT molecular complexity index is 605. The van der Waals surface area contributed by atoms with Crippen LogP contribution in [0.5, 0.6) is 5.75 Å². The van der Waals surface area contributed by atoms with Gasteiger partial charge in [-0.25, -0.2) is 13.6 Å². The summed E-state index contributed by atoms with van der Waals surface area (Å²) < 4.78 is 37.6. The summed E-state index contributed by atoms with van der Waals surface area (Å²) in [5.41, 5.74) is 0. The first kappa shape index (κ1) is 21.6. The number of halogens is 2. The van der Waals surface area contributed by atoms with Crippen LogP contribution in [0.3, 0.4) is 0 Å². The van der Waals surface area contributed by atoms with Gasteiger partial charge in [0.15, 0.2) is 11.6 Å². The van der Waals surface area contributed by atoms with E-state index < -0.39 is 17.7 Å². The van der Waals surface area contributed by atoms with Crippen molar-refractivity contribution in [3.8, 4) is 5.75 Å². The van der Waals surface area contributed by atoms with E-state index in [4.69, 9.17) is 9.47 Å². The third-order valence-electron chi connectivity index (χ3n) is 4.92. The molecule has 1 aliphatic carbocycles. The molecule has 2 rings (SSSR count). The maximum atomic E-state index is 13.6. The molecule has 0 atom stereocenters. The lowest BCUT2D eigenvalue weighted by Gasteiger charge is -2.34. The Hall–Kier alpha value is -1.73. The predicted octanol–water partition coefficient (Wildman–Crippen LogP) is 4.07. The van der Waals surface area contributed by atoms with Crippen molar-refractivity contribution in [3.05, 3.63) is 29.8 Å². The van der Waals surface area contributed by atoms with Gasteiger partial charge in [0.25, 0.3) is 0 Å². The quantitative estimate of drug-likeness (QED) is 0.634. The SMILES string of the molecule is CN(C)CCCCOC1CCC(N(C)C(=O)Oc2ccc(F)cc2F)CC1. The lowest BCUT2D eigenvalue weighted by Crippen LogP contribution is -2.42. The molecule has 0 saturated heterocycles. The first-order chi connectivity index (χ1) is 12.9. The third kappa shape index (κ3) is 7.07. The summed E-state index contributed by atoms with van der Waals surface area (Å²) in [6, 6.07) is 2.92. The van der Waals surface area contributed by atoms with Gasteiger partial charge in [0.05, 0.1) is 6.10 Å². The highest BCUT2D eigenvalue weighted by molar-refractivity contribution is 5.70. The molecule has 0 aromatic heterocycles. The van der Waals surface area contributed by atoms with Gasteiger partial charge in [0.2, 0.25) is 0 Å². The number of amides is 1. The Morgan fingerprint density at radius 1 is 1.11 bits per heavy atom. The number of benzene rings is 1. The topological polar surface area (TPSA) is 42.0 Å². The summed E-state index contributed by atoms with van der Waals surface area (Å²) in [6.07, 6.45) is 5.19. The molecule has 0 heterocycles. The summed E-state index contributed by atoms with van der Waals surface area (Å²) in [7, 11) is 5.78. The fourth-order valence-corrected chi connectivity index (χ4v) is 3.25. The van der Waals surface area contributed by atoms with Gasteiger partial charge in [-0.3, -0.25) is 0 Å². The van der Waals surface area contributed by atoms with Crippen LogP contribution in [0.2, 0.25) is 0 Å². The molecule has 0 aliphatic heterocycles. The normalized spacial score (nSPS) is 19.9. The van der Waals surface area contributed by atoms with Crippen molar-refractivity contribution in [2.24, 2.45) is 0 Å². The van der Waals surface area contributed by atoms with Crippen molar-refractivity contribution in [2.45, 2.75) is 50.7 Å². The standard InChI is InChI=1S/C20H30F2N2O3/c1-23(2)12-4-5-13-26-17-9-7-16(8-10-17)24(3)20(25)27-19-11-6-15(21)14-18(19)22/h6,11,14,16-17H,4-5,7-10,12-13H2,1-3H3. The minimum atomic E-state index is -0.886. The van der Waals surface area contributed by atoms with Crippen LogP contribution in [-0.4, -0.2) is 62.3 Å². The number of rotatable bonds is 8. The second kappa shape index (κ2) is 10.6. The minimum absolute atomic E-state index is 0.0367. The maximum absolute atomic E-state index is 13.6. The van der Waals surface area contributed by atoms with E-state index in [9.17, 15) is 13.6 Å². The van der Waals surface area contributed by atoms with Gasteiger partial charge in [0, 0.05) is 25.8 Å². The zero-order chi connectivity index (χ0) is 19.8. The molecule has 0 N–H and O–H groups in total. The molecule has 7 heteroatoms. The fraction of sp³-hybridized carbons (Fsp3) is 0.650. The van der Waals surface area contributed by atoms with Crippen molar-refractivity contribution >= 4 is 6.09 Å². The molecule has 152 valence electrons. The highest BCUT2D eigenvalue weighted by atomic mass is 19.1. The Balaban J connectivity index is 1.70. The highest BCUT2D eigenvalue weighted by Crippen LogP contribution is 2.26. The van der Waals surface area contributed by atoms with Gasteiger partial charge >= 0.3 is 6.09 Å². The lowest BCUT2D eigenvalue weighted by atomic mass is 9.92. The molecule has 1 aromatic carbocycles. The van der Waals surface area contributed by atoms with E-state index in [-0.39, 0.29) is 17.9 Å². The van der Waals surface area contributed by atoms with Gasteiger partial charge in [-0.1, -0.05) is 0 Å². The van der Waals surface area contributed by atoms with Crippen molar-refractivity contribution in [1.82, 2.24) is 9.80 Å². The van der Waals surface area contributed by atoms with Gasteiger partial charge < -0.3 is 19.3 Å². The first-order valence-electron chi connectivity index (χ1n) is 9.53. The van der Waals surface area contributed by atoms with Crippen molar-refractivity contribution in [1.29, 1.82) is 0 Å². The van der Waals surface area contributed by atoms with Crippen LogP contribution in [0.4, 0.5) is 13.6 Å². The van der Waals surface area contributed by atoms with Gasteiger partial charge in [-0.15, -0.1) is 0 Å². The molecule has 27 heavy (non-hydrogen) atoms. The number of nitrogens with zero attached hydrogens (tertiary/aromatic N) is 2. The summed E-state index contributed by atoms with van der Waals surface area (Å²) in [4.78, 5) is 15.9. The van der Waals surface area contributed by atoms with E-state index >= 15 is 0 Å². The number of hydrogen-bond acceptors (Lipinski definition) is 4. The van der Waals surface area contributed by atoms with Crippen LogP contribution in [0.15, 0.2) is 18.2 Å². The molecule has 1 amide bonds. The summed E-state index contributed by atoms with van der Waals surface area (Å²) >= 11 is 0. The van der Waals surface area contributed by atoms with Crippen LogP contribution in [0.25, 0.3) is 0 Å². The van der Waals surface area contributed by atoms with Crippen LogP contribution in [0, 0.1) is 11.6 Å². The molecule has 0 unspecified atom stereocenters. The minimum Gasteiger partial charge on any atom is -0.407 e. The van der Waals surface area contributed by atoms with Crippen molar-refractivity contribution in [2.75, 3.05) is 34.3 Å². The molecule has 0 spiro atoms. The fourth-order valence-electron chi connectivity index (χ4n) is 3.25. The molecular weight excluding hydrogens is 354 g/mol. The Kier molecular flexibility index (Phi) is 8.44. The highest BCUT2D eigenvalue weighted by Gasteiger charge is 2.28. The van der Waals surface area contributed by atoms with Crippen LogP contribution < -0.4 is 4.74 Å². The predicted molar refractivity (Wildman–Crippen MR) is 99.9 cm³/mol. The van der Waals surface area contributed by atoms with Crippen LogP contribution >= 0.6 is 0 Å². The van der Waals surface area contributed by atoms with E-state index in [2.05, 4.69) is 19.0 Å². The largest absolute Gasteiger partial charge is 0.415 e. The Morgan fingerprint density at radius 3 is 2.44 bits per heavy atom. The molecule has 5 nitrogen and oxygen atoms in total. The number of unbranched alkanes of at least 4 members (excludes halogenated alkanes) is 1. The zero-order valence-corrected chi connectivity index (χ0v) is 16.4. The molecule has 0 radical (unpaired) electrons. The number of hydrogen-bond donors (Lipinski definition) is 0. The molecule has 1 saturated carbocycles. The summed E-state index contributed by atoms with van der Waals surface area (Å²) in [5.74, 6) is -1.85.